The number of rotatable bonds is 4. The van der Waals surface area contributed by atoms with Crippen LogP contribution >= 0.6 is 11.8 Å². The van der Waals surface area contributed by atoms with Crippen molar-refractivity contribution in [1.29, 1.82) is 0 Å². The van der Waals surface area contributed by atoms with Crippen LogP contribution in [0.3, 0.4) is 0 Å². The van der Waals surface area contributed by atoms with E-state index in [9.17, 15) is 0 Å². The fraction of sp³-hybridized carbons (Fsp3) is 0.600. The van der Waals surface area contributed by atoms with Crippen molar-refractivity contribution in [2.75, 3.05) is 25.1 Å². The zero-order chi connectivity index (χ0) is 13.0. The molecule has 2 N–H and O–H groups in total. The van der Waals surface area contributed by atoms with Gasteiger partial charge in [-0.3, -0.25) is 0 Å². The summed E-state index contributed by atoms with van der Waals surface area (Å²) in [4.78, 5) is 3.87. The van der Waals surface area contributed by atoms with Crippen molar-refractivity contribution in [2.24, 2.45) is 0 Å². The minimum Gasteiger partial charge on any atom is -0.398 e. The smallest absolute Gasteiger partial charge is 0.0354 e. The molecule has 1 aliphatic heterocycles. The number of hydrogen-bond acceptors (Lipinski definition) is 3. The van der Waals surface area contributed by atoms with Gasteiger partial charge >= 0.3 is 0 Å². The summed E-state index contributed by atoms with van der Waals surface area (Å²) in [5, 5.41) is 0. The minimum atomic E-state index is 0.785. The average Bonchev–Trinajstić information content (AvgIpc) is 2.37. The van der Waals surface area contributed by atoms with Crippen molar-refractivity contribution < 1.29 is 0 Å². The van der Waals surface area contributed by atoms with Crippen LogP contribution in [0.2, 0.25) is 0 Å². The summed E-state index contributed by atoms with van der Waals surface area (Å²) in [6.07, 6.45) is 5.42. The molecule has 100 valence electrons. The van der Waals surface area contributed by atoms with Crippen LogP contribution in [-0.4, -0.2) is 30.3 Å². The first-order valence-electron chi connectivity index (χ1n) is 6.86. The SMILES string of the molecule is Cc1c(N)cccc1SCCC1CCCCN1C. The third-order valence-electron chi connectivity index (χ3n) is 3.96. The first-order chi connectivity index (χ1) is 8.68. The molecule has 1 aliphatic rings. The fourth-order valence-electron chi connectivity index (χ4n) is 2.60. The van der Waals surface area contributed by atoms with Crippen molar-refractivity contribution in [2.45, 2.75) is 43.5 Å². The van der Waals surface area contributed by atoms with Crippen LogP contribution in [0.25, 0.3) is 0 Å². The number of nitrogens with zero attached hydrogens (tertiary/aromatic N) is 1. The Kier molecular flexibility index (Phi) is 4.95. The van der Waals surface area contributed by atoms with E-state index >= 15 is 0 Å². The third kappa shape index (κ3) is 3.42. The summed E-state index contributed by atoms with van der Waals surface area (Å²) < 4.78 is 0. The Morgan fingerprint density at radius 2 is 2.22 bits per heavy atom. The van der Waals surface area contributed by atoms with Crippen LogP contribution in [0, 0.1) is 6.92 Å². The molecule has 3 heteroatoms. The largest absolute Gasteiger partial charge is 0.398 e. The molecule has 0 radical (unpaired) electrons. The van der Waals surface area contributed by atoms with Gasteiger partial charge in [0.25, 0.3) is 0 Å². The molecular weight excluding hydrogens is 240 g/mol. The lowest BCUT2D eigenvalue weighted by atomic mass is 10.0. The molecule has 1 heterocycles. The second-order valence-corrected chi connectivity index (χ2v) is 6.37. The second kappa shape index (κ2) is 6.48. The maximum Gasteiger partial charge on any atom is 0.0354 e. The molecule has 0 bridgehead atoms. The van der Waals surface area contributed by atoms with Crippen LogP contribution in [0.15, 0.2) is 23.1 Å². The lowest BCUT2D eigenvalue weighted by Gasteiger charge is -2.32. The van der Waals surface area contributed by atoms with Gasteiger partial charge in [-0.15, -0.1) is 11.8 Å². The number of likely N-dealkylation sites (tertiary alicyclic amines) is 1. The van der Waals surface area contributed by atoms with E-state index in [1.807, 2.05) is 17.8 Å². The van der Waals surface area contributed by atoms with Gasteiger partial charge in [0.05, 0.1) is 0 Å². The van der Waals surface area contributed by atoms with E-state index < -0.39 is 0 Å². The summed E-state index contributed by atoms with van der Waals surface area (Å²) in [6, 6.07) is 7.00. The van der Waals surface area contributed by atoms with E-state index in [0.29, 0.717) is 0 Å². The molecule has 1 aromatic carbocycles. The molecule has 0 amide bonds. The van der Waals surface area contributed by atoms with Crippen LogP contribution in [-0.2, 0) is 0 Å². The van der Waals surface area contributed by atoms with Gasteiger partial charge in [0.15, 0.2) is 0 Å². The molecule has 1 unspecified atom stereocenters. The molecule has 0 aliphatic carbocycles. The highest BCUT2D eigenvalue weighted by Gasteiger charge is 2.18. The molecule has 1 atom stereocenters. The predicted molar refractivity (Wildman–Crippen MR) is 81.2 cm³/mol. The molecule has 0 saturated carbocycles. The highest BCUT2D eigenvalue weighted by Crippen LogP contribution is 2.28. The molecule has 2 rings (SSSR count). The van der Waals surface area contributed by atoms with Crippen molar-refractivity contribution in [3.05, 3.63) is 23.8 Å². The van der Waals surface area contributed by atoms with Gasteiger partial charge < -0.3 is 10.6 Å². The van der Waals surface area contributed by atoms with E-state index in [-0.39, 0.29) is 0 Å². The zero-order valence-electron chi connectivity index (χ0n) is 11.5. The molecule has 18 heavy (non-hydrogen) atoms. The van der Waals surface area contributed by atoms with Gasteiger partial charge in [-0.1, -0.05) is 12.5 Å². The lowest BCUT2D eigenvalue weighted by molar-refractivity contribution is 0.182. The predicted octanol–water partition coefficient (Wildman–Crippen LogP) is 3.54. The molecule has 1 aromatic rings. The normalized spacial score (nSPS) is 21.1. The van der Waals surface area contributed by atoms with Crippen molar-refractivity contribution >= 4 is 17.4 Å². The molecule has 0 spiro atoms. The van der Waals surface area contributed by atoms with Gasteiger partial charge in [0.2, 0.25) is 0 Å². The van der Waals surface area contributed by atoms with Crippen LogP contribution in [0.5, 0.6) is 0 Å². The Hall–Kier alpha value is -0.670. The van der Waals surface area contributed by atoms with Crippen molar-refractivity contribution in [3.8, 4) is 0 Å². The Morgan fingerprint density at radius 1 is 1.39 bits per heavy atom. The molecule has 1 saturated heterocycles. The Balaban J connectivity index is 1.83. The average molecular weight is 264 g/mol. The van der Waals surface area contributed by atoms with Gasteiger partial charge in [-0.05, 0) is 63.2 Å². The maximum atomic E-state index is 5.94. The van der Waals surface area contributed by atoms with Crippen LogP contribution < -0.4 is 5.73 Å². The number of anilines is 1. The van der Waals surface area contributed by atoms with Gasteiger partial charge in [0.1, 0.15) is 0 Å². The second-order valence-electron chi connectivity index (χ2n) is 5.24. The fourth-order valence-corrected chi connectivity index (χ4v) is 3.72. The Labute approximate surface area is 115 Å². The van der Waals surface area contributed by atoms with E-state index in [0.717, 1.165) is 11.7 Å². The van der Waals surface area contributed by atoms with Crippen LogP contribution in [0.1, 0.15) is 31.2 Å². The van der Waals surface area contributed by atoms with Crippen LogP contribution in [0.4, 0.5) is 5.69 Å². The summed E-state index contributed by atoms with van der Waals surface area (Å²) in [5.41, 5.74) is 8.08. The number of hydrogen-bond donors (Lipinski definition) is 1. The number of nitrogen functional groups attached to an aromatic ring is 1. The summed E-state index contributed by atoms with van der Waals surface area (Å²) >= 11 is 1.95. The number of thioether (sulfide) groups is 1. The molecular formula is C15H24N2S. The molecule has 1 fully saturated rings. The highest BCUT2D eigenvalue weighted by molar-refractivity contribution is 7.99. The third-order valence-corrected chi connectivity index (χ3v) is 5.15. The number of nitrogens with two attached hydrogens (primary N) is 1. The van der Waals surface area contributed by atoms with E-state index in [2.05, 4.69) is 31.0 Å². The summed E-state index contributed by atoms with van der Waals surface area (Å²) in [7, 11) is 2.26. The quantitative estimate of drug-likeness (QED) is 0.666. The lowest BCUT2D eigenvalue weighted by Crippen LogP contribution is -2.36. The maximum absolute atomic E-state index is 5.94. The van der Waals surface area contributed by atoms with Crippen molar-refractivity contribution in [3.63, 3.8) is 0 Å². The monoisotopic (exact) mass is 264 g/mol. The summed E-state index contributed by atoms with van der Waals surface area (Å²) in [6.45, 7) is 3.39. The molecule has 0 aromatic heterocycles. The first kappa shape index (κ1) is 13.8. The van der Waals surface area contributed by atoms with E-state index in [1.54, 1.807) is 0 Å². The summed E-state index contributed by atoms with van der Waals surface area (Å²) in [5.74, 6) is 1.19. The van der Waals surface area contributed by atoms with Crippen molar-refractivity contribution in [1.82, 2.24) is 4.90 Å². The Bertz CT molecular complexity index is 392. The minimum absolute atomic E-state index is 0.785. The zero-order valence-corrected chi connectivity index (χ0v) is 12.3. The van der Waals surface area contributed by atoms with Gasteiger partial charge in [-0.25, -0.2) is 0 Å². The first-order valence-corrected chi connectivity index (χ1v) is 7.85. The number of benzene rings is 1. The number of piperidine rings is 1. The van der Waals surface area contributed by atoms with Gasteiger partial charge in [-0.2, -0.15) is 0 Å². The molecule has 2 nitrogen and oxygen atoms in total. The highest BCUT2D eigenvalue weighted by atomic mass is 32.2. The van der Waals surface area contributed by atoms with E-state index in [4.69, 9.17) is 5.73 Å². The van der Waals surface area contributed by atoms with Gasteiger partial charge in [0, 0.05) is 16.6 Å². The Morgan fingerprint density at radius 3 is 3.00 bits per heavy atom. The topological polar surface area (TPSA) is 29.3 Å². The standard InChI is InChI=1S/C15H24N2S/c1-12-14(16)7-5-8-15(12)18-11-9-13-6-3-4-10-17(13)2/h5,7-8,13H,3-4,6,9-11,16H2,1-2H3. The van der Waals surface area contributed by atoms with E-state index in [1.165, 1.54) is 48.4 Å².